The fraction of sp³-hybridized carbons (Fsp3) is 0.222. The zero-order chi connectivity index (χ0) is 17.5. The maximum atomic E-state index is 12.4. The van der Waals surface area contributed by atoms with Gasteiger partial charge in [0.2, 0.25) is 0 Å². The van der Waals surface area contributed by atoms with Gasteiger partial charge >= 0.3 is 5.97 Å². The Hall–Kier alpha value is -2.53. The highest BCUT2D eigenvalue weighted by atomic mass is 35.5. The van der Waals surface area contributed by atoms with Crippen molar-refractivity contribution >= 4 is 29.2 Å². The van der Waals surface area contributed by atoms with Crippen LogP contribution in [0, 0.1) is 0 Å². The molecule has 0 aliphatic carbocycles. The molecule has 0 saturated carbocycles. The molecule has 0 unspecified atom stereocenters. The fourth-order valence-corrected chi connectivity index (χ4v) is 2.17. The number of benzene rings is 2. The number of hydrogen-bond acceptors (Lipinski definition) is 3. The first-order chi connectivity index (χ1) is 11.5. The number of aromatic carboxylic acids is 1. The smallest absolute Gasteiger partial charge is 0.335 e. The van der Waals surface area contributed by atoms with E-state index in [9.17, 15) is 9.59 Å². The van der Waals surface area contributed by atoms with Crippen LogP contribution in [0.25, 0.3) is 0 Å². The van der Waals surface area contributed by atoms with Crippen molar-refractivity contribution in [3.63, 3.8) is 0 Å². The number of nitrogens with one attached hydrogen (secondary N) is 1. The van der Waals surface area contributed by atoms with E-state index in [4.69, 9.17) is 21.4 Å². The third-order valence-electron chi connectivity index (χ3n) is 3.32. The van der Waals surface area contributed by atoms with Gasteiger partial charge in [-0.2, -0.15) is 0 Å². The Morgan fingerprint density at radius 2 is 1.96 bits per heavy atom. The molecule has 24 heavy (non-hydrogen) atoms. The summed E-state index contributed by atoms with van der Waals surface area (Å²) in [5.74, 6) is -0.865. The van der Waals surface area contributed by atoms with Gasteiger partial charge in [0.05, 0.1) is 22.9 Å². The summed E-state index contributed by atoms with van der Waals surface area (Å²) in [5, 5.41) is 11.9. The van der Waals surface area contributed by atoms with E-state index in [1.165, 1.54) is 18.2 Å². The topological polar surface area (TPSA) is 75.6 Å². The van der Waals surface area contributed by atoms with Crippen LogP contribution in [0.3, 0.4) is 0 Å². The fourth-order valence-electron chi connectivity index (χ4n) is 2.01. The second-order valence-corrected chi connectivity index (χ2v) is 5.59. The summed E-state index contributed by atoms with van der Waals surface area (Å²) in [4.78, 5) is 23.4. The monoisotopic (exact) mass is 347 g/mol. The molecule has 2 N–H and O–H groups in total. The Bertz CT molecular complexity index is 746. The Kier molecular flexibility index (Phi) is 6.21. The number of carbonyl (C=O) groups is 2. The van der Waals surface area contributed by atoms with Gasteiger partial charge in [-0.15, -0.1) is 0 Å². The molecule has 0 aromatic heterocycles. The summed E-state index contributed by atoms with van der Waals surface area (Å²) in [6.07, 6.45) is 1.96. The molecule has 0 radical (unpaired) electrons. The summed E-state index contributed by atoms with van der Waals surface area (Å²) in [6, 6.07) is 10.9. The average Bonchev–Trinajstić information content (AvgIpc) is 2.57. The first-order valence-electron chi connectivity index (χ1n) is 7.58. The number of hydrogen-bond donors (Lipinski definition) is 2. The van der Waals surface area contributed by atoms with Crippen molar-refractivity contribution in [3.8, 4) is 5.75 Å². The molecule has 2 aromatic rings. The highest BCUT2D eigenvalue weighted by Crippen LogP contribution is 2.24. The lowest BCUT2D eigenvalue weighted by atomic mass is 10.1. The van der Waals surface area contributed by atoms with E-state index in [0.717, 1.165) is 12.8 Å². The molecule has 0 aliphatic heterocycles. The van der Waals surface area contributed by atoms with Gasteiger partial charge in [-0.1, -0.05) is 31.0 Å². The molecule has 0 atom stereocenters. The standard InChI is InChI=1S/C18H18ClNO4/c1-2-3-9-24-14-6-4-5-12(10-14)17(21)20-16-11-13(18(22)23)7-8-15(16)19/h4-8,10-11H,2-3,9H2,1H3,(H,20,21)(H,22,23). The van der Waals surface area contributed by atoms with Gasteiger partial charge in [0.15, 0.2) is 0 Å². The molecule has 0 spiro atoms. The normalized spacial score (nSPS) is 10.2. The molecule has 0 heterocycles. The molecule has 0 saturated heterocycles. The lowest BCUT2D eigenvalue weighted by Gasteiger charge is -2.10. The lowest BCUT2D eigenvalue weighted by Crippen LogP contribution is -2.13. The van der Waals surface area contributed by atoms with E-state index >= 15 is 0 Å². The van der Waals surface area contributed by atoms with E-state index in [1.54, 1.807) is 24.3 Å². The SMILES string of the molecule is CCCCOc1cccc(C(=O)Nc2cc(C(=O)O)ccc2Cl)c1. The van der Waals surface area contributed by atoms with Crippen LogP contribution in [0.15, 0.2) is 42.5 Å². The molecule has 126 valence electrons. The zero-order valence-corrected chi connectivity index (χ0v) is 14.0. The summed E-state index contributed by atoms with van der Waals surface area (Å²) in [5.41, 5.74) is 0.700. The lowest BCUT2D eigenvalue weighted by molar-refractivity contribution is 0.0696. The van der Waals surface area contributed by atoms with E-state index in [1.807, 2.05) is 0 Å². The first kappa shape index (κ1) is 17.8. The van der Waals surface area contributed by atoms with Crippen LogP contribution in [0.2, 0.25) is 5.02 Å². The van der Waals surface area contributed by atoms with Crippen molar-refractivity contribution < 1.29 is 19.4 Å². The molecule has 6 heteroatoms. The summed E-state index contributed by atoms with van der Waals surface area (Å²) >= 11 is 6.02. The van der Waals surface area contributed by atoms with Crippen LogP contribution in [-0.4, -0.2) is 23.6 Å². The molecular formula is C18H18ClNO4. The molecular weight excluding hydrogens is 330 g/mol. The number of rotatable bonds is 7. The average molecular weight is 348 g/mol. The second kappa shape index (κ2) is 8.36. The molecule has 0 fully saturated rings. The number of halogens is 1. The maximum absolute atomic E-state index is 12.4. The summed E-state index contributed by atoms with van der Waals surface area (Å²) in [7, 11) is 0. The van der Waals surface area contributed by atoms with Crippen LogP contribution >= 0.6 is 11.6 Å². The third kappa shape index (κ3) is 4.73. The van der Waals surface area contributed by atoms with Crippen molar-refractivity contribution in [2.24, 2.45) is 0 Å². The van der Waals surface area contributed by atoms with Crippen LogP contribution in [-0.2, 0) is 0 Å². The van der Waals surface area contributed by atoms with Crippen molar-refractivity contribution in [1.82, 2.24) is 0 Å². The van der Waals surface area contributed by atoms with E-state index < -0.39 is 5.97 Å². The van der Waals surface area contributed by atoms with Gasteiger partial charge in [-0.05, 0) is 42.8 Å². The van der Waals surface area contributed by atoms with Crippen molar-refractivity contribution in [3.05, 3.63) is 58.6 Å². The number of carboxylic acids is 1. The number of carboxylic acid groups (broad SMARTS) is 1. The van der Waals surface area contributed by atoms with Crippen molar-refractivity contribution in [2.45, 2.75) is 19.8 Å². The highest BCUT2D eigenvalue weighted by Gasteiger charge is 2.12. The van der Waals surface area contributed by atoms with E-state index in [0.29, 0.717) is 17.9 Å². The zero-order valence-electron chi connectivity index (χ0n) is 13.2. The van der Waals surface area contributed by atoms with Crippen molar-refractivity contribution in [1.29, 1.82) is 0 Å². The molecule has 2 rings (SSSR count). The minimum atomic E-state index is -1.09. The highest BCUT2D eigenvalue weighted by molar-refractivity contribution is 6.34. The quantitative estimate of drug-likeness (QED) is 0.724. The third-order valence-corrected chi connectivity index (χ3v) is 3.65. The van der Waals surface area contributed by atoms with Gasteiger partial charge in [-0.3, -0.25) is 4.79 Å². The Morgan fingerprint density at radius 3 is 2.67 bits per heavy atom. The predicted molar refractivity (Wildman–Crippen MR) is 93.2 cm³/mol. The Labute approximate surface area is 145 Å². The second-order valence-electron chi connectivity index (χ2n) is 5.18. The Balaban J connectivity index is 2.14. The van der Waals surface area contributed by atoms with E-state index in [2.05, 4.69) is 12.2 Å². The van der Waals surface area contributed by atoms with Crippen LogP contribution in [0.4, 0.5) is 5.69 Å². The predicted octanol–water partition coefficient (Wildman–Crippen LogP) is 4.47. The van der Waals surface area contributed by atoms with Gasteiger partial charge in [0.25, 0.3) is 5.91 Å². The molecule has 0 bridgehead atoms. The van der Waals surface area contributed by atoms with Gasteiger partial charge in [-0.25, -0.2) is 4.79 Å². The van der Waals surface area contributed by atoms with E-state index in [-0.39, 0.29) is 22.2 Å². The van der Waals surface area contributed by atoms with Crippen LogP contribution in [0.5, 0.6) is 5.75 Å². The minimum absolute atomic E-state index is 0.0475. The number of ether oxygens (including phenoxy) is 1. The largest absolute Gasteiger partial charge is 0.494 e. The van der Waals surface area contributed by atoms with Crippen molar-refractivity contribution in [2.75, 3.05) is 11.9 Å². The number of unbranched alkanes of at least 4 members (excludes halogenated alkanes) is 1. The molecule has 0 aliphatic rings. The number of anilines is 1. The van der Waals surface area contributed by atoms with Gasteiger partial charge in [0, 0.05) is 5.56 Å². The van der Waals surface area contributed by atoms with Crippen LogP contribution in [0.1, 0.15) is 40.5 Å². The number of carbonyl (C=O) groups excluding carboxylic acids is 1. The Morgan fingerprint density at radius 1 is 1.17 bits per heavy atom. The first-order valence-corrected chi connectivity index (χ1v) is 7.96. The minimum Gasteiger partial charge on any atom is -0.494 e. The van der Waals surface area contributed by atoms with Crippen LogP contribution < -0.4 is 10.1 Å². The molecule has 5 nitrogen and oxygen atoms in total. The molecule has 1 amide bonds. The molecule has 2 aromatic carbocycles. The maximum Gasteiger partial charge on any atom is 0.335 e. The number of amides is 1. The summed E-state index contributed by atoms with van der Waals surface area (Å²) < 4.78 is 5.58. The van der Waals surface area contributed by atoms with Gasteiger partial charge < -0.3 is 15.2 Å². The summed E-state index contributed by atoms with van der Waals surface area (Å²) in [6.45, 7) is 2.66. The van der Waals surface area contributed by atoms with Gasteiger partial charge in [0.1, 0.15) is 5.75 Å².